The van der Waals surface area contributed by atoms with Crippen LogP contribution >= 0.6 is 0 Å². The number of hydrogen-bond acceptors (Lipinski definition) is 2. The summed E-state index contributed by atoms with van der Waals surface area (Å²) in [4.78, 5) is 10.4. The lowest BCUT2D eigenvalue weighted by Crippen LogP contribution is -3.00. The molecule has 56 valence electrons. The van der Waals surface area contributed by atoms with Crippen molar-refractivity contribution < 1.29 is 17.2 Å². The highest BCUT2D eigenvalue weighted by Crippen LogP contribution is 2.09. The fraction of sp³-hybridized carbons (Fsp3) is 0.800. The Balaban J connectivity index is 0. The van der Waals surface area contributed by atoms with Crippen molar-refractivity contribution in [3.05, 3.63) is 0 Å². The Labute approximate surface area is 61.2 Å². The lowest BCUT2D eigenvalue weighted by atomic mass is 9.93. The predicted octanol–water partition coefficient (Wildman–Crippen LogP) is -3.54. The molecule has 0 aliphatic heterocycles. The van der Waals surface area contributed by atoms with E-state index in [0.29, 0.717) is 6.54 Å². The average Bonchev–Trinajstić information content (AvgIpc) is 1.67. The Hall–Kier alpha value is -0.280. The Morgan fingerprint density at radius 3 is 1.89 bits per heavy atom. The van der Waals surface area contributed by atoms with Crippen molar-refractivity contribution in [3.8, 4) is 0 Å². The molecule has 0 aromatic heterocycles. The van der Waals surface area contributed by atoms with Gasteiger partial charge in [-0.05, 0) is 13.8 Å². The first kappa shape index (κ1) is 11.5. The van der Waals surface area contributed by atoms with Crippen molar-refractivity contribution in [2.75, 3.05) is 6.54 Å². The van der Waals surface area contributed by atoms with E-state index >= 15 is 0 Å². The van der Waals surface area contributed by atoms with E-state index in [1.165, 1.54) is 0 Å². The smallest absolute Gasteiger partial charge is 0.224 e. The number of carbonyl (C=O) groups is 1. The van der Waals surface area contributed by atoms with Gasteiger partial charge >= 0.3 is 0 Å². The van der Waals surface area contributed by atoms with Crippen LogP contribution in [-0.2, 0) is 4.79 Å². The molecule has 0 atom stereocenters. The molecule has 0 saturated heterocycles. The highest BCUT2D eigenvalue weighted by atomic mass is 35.5. The summed E-state index contributed by atoms with van der Waals surface area (Å²) in [6.07, 6.45) is 0. The standard InChI is InChI=1S/C5H12N2O.ClH/c1-5(2,3-6)4(7)8;/h3,6H2,1-2H3,(H2,7,8);1H/p-1. The summed E-state index contributed by atoms with van der Waals surface area (Å²) >= 11 is 0. The molecule has 4 N–H and O–H groups in total. The van der Waals surface area contributed by atoms with Gasteiger partial charge in [-0.1, -0.05) is 0 Å². The van der Waals surface area contributed by atoms with Crippen LogP contribution in [0.4, 0.5) is 0 Å². The molecule has 0 heterocycles. The molecule has 0 saturated carbocycles. The Morgan fingerprint density at radius 1 is 1.56 bits per heavy atom. The Bertz CT molecular complexity index is 103. The topological polar surface area (TPSA) is 69.1 Å². The van der Waals surface area contributed by atoms with Crippen molar-refractivity contribution in [1.29, 1.82) is 0 Å². The van der Waals surface area contributed by atoms with E-state index in [2.05, 4.69) is 0 Å². The number of primary amides is 1. The lowest BCUT2D eigenvalue weighted by molar-refractivity contribution is -0.125. The quantitative estimate of drug-likeness (QED) is 0.429. The molecule has 3 nitrogen and oxygen atoms in total. The van der Waals surface area contributed by atoms with E-state index < -0.39 is 5.41 Å². The van der Waals surface area contributed by atoms with Gasteiger partial charge in [0, 0.05) is 6.54 Å². The van der Waals surface area contributed by atoms with E-state index in [9.17, 15) is 4.79 Å². The van der Waals surface area contributed by atoms with Crippen molar-refractivity contribution in [1.82, 2.24) is 0 Å². The summed E-state index contributed by atoms with van der Waals surface area (Å²) < 4.78 is 0. The molecular formula is C5H12ClN2O-. The molecule has 0 aromatic carbocycles. The molecule has 0 aliphatic rings. The van der Waals surface area contributed by atoms with Gasteiger partial charge in [0.1, 0.15) is 0 Å². The zero-order valence-corrected chi connectivity index (χ0v) is 6.40. The number of amides is 1. The molecule has 0 spiro atoms. The fourth-order valence-electron chi connectivity index (χ4n) is 0.101. The van der Waals surface area contributed by atoms with Crippen LogP contribution in [0, 0.1) is 5.41 Å². The second kappa shape index (κ2) is 3.69. The number of rotatable bonds is 2. The van der Waals surface area contributed by atoms with Crippen molar-refractivity contribution >= 4 is 5.91 Å². The van der Waals surface area contributed by atoms with Crippen LogP contribution in [0.1, 0.15) is 13.8 Å². The van der Waals surface area contributed by atoms with Gasteiger partial charge in [0.05, 0.1) is 5.41 Å². The van der Waals surface area contributed by atoms with Crippen LogP contribution in [-0.4, -0.2) is 12.5 Å². The predicted molar refractivity (Wildman–Crippen MR) is 32.0 cm³/mol. The molecule has 0 bridgehead atoms. The zero-order chi connectivity index (χ0) is 6.78. The third-order valence-electron chi connectivity index (χ3n) is 1.18. The molecule has 0 fully saturated rings. The van der Waals surface area contributed by atoms with E-state index in [4.69, 9.17) is 11.5 Å². The van der Waals surface area contributed by atoms with Gasteiger partial charge in [-0.15, -0.1) is 0 Å². The zero-order valence-electron chi connectivity index (χ0n) is 5.65. The van der Waals surface area contributed by atoms with E-state index in [0.717, 1.165) is 0 Å². The Kier molecular flexibility index (Phi) is 4.72. The number of halogens is 1. The van der Waals surface area contributed by atoms with E-state index in [-0.39, 0.29) is 18.3 Å². The maximum Gasteiger partial charge on any atom is 0.224 e. The van der Waals surface area contributed by atoms with Gasteiger partial charge in [0.25, 0.3) is 0 Å². The average molecular weight is 152 g/mol. The summed E-state index contributed by atoms with van der Waals surface area (Å²) in [7, 11) is 0. The summed E-state index contributed by atoms with van der Waals surface area (Å²) in [6, 6.07) is 0. The maximum absolute atomic E-state index is 10.4. The normalized spacial score (nSPS) is 10.1. The first-order valence-electron chi connectivity index (χ1n) is 2.50. The summed E-state index contributed by atoms with van der Waals surface area (Å²) in [5.74, 6) is -0.347. The SMILES string of the molecule is CC(C)(CN)C(N)=O.[Cl-]. The highest BCUT2D eigenvalue weighted by molar-refractivity contribution is 5.80. The molecule has 4 heteroatoms. The molecular weight excluding hydrogens is 140 g/mol. The molecule has 0 aromatic rings. The summed E-state index contributed by atoms with van der Waals surface area (Å²) in [6.45, 7) is 3.74. The van der Waals surface area contributed by atoms with Crippen LogP contribution in [0.3, 0.4) is 0 Å². The summed E-state index contributed by atoms with van der Waals surface area (Å²) in [5, 5.41) is 0. The van der Waals surface area contributed by atoms with E-state index in [1.54, 1.807) is 13.8 Å². The van der Waals surface area contributed by atoms with E-state index in [1.807, 2.05) is 0 Å². The largest absolute Gasteiger partial charge is 1.00 e. The van der Waals surface area contributed by atoms with Crippen LogP contribution in [0.25, 0.3) is 0 Å². The third-order valence-corrected chi connectivity index (χ3v) is 1.18. The van der Waals surface area contributed by atoms with Gasteiger partial charge in [0.2, 0.25) is 5.91 Å². The van der Waals surface area contributed by atoms with Crippen LogP contribution < -0.4 is 23.9 Å². The van der Waals surface area contributed by atoms with Gasteiger partial charge in [0.15, 0.2) is 0 Å². The monoisotopic (exact) mass is 151 g/mol. The highest BCUT2D eigenvalue weighted by Gasteiger charge is 2.21. The minimum Gasteiger partial charge on any atom is -1.00 e. The van der Waals surface area contributed by atoms with Crippen LogP contribution in [0.2, 0.25) is 0 Å². The third kappa shape index (κ3) is 3.32. The molecule has 0 radical (unpaired) electrons. The van der Waals surface area contributed by atoms with Gasteiger partial charge in [-0.25, -0.2) is 0 Å². The minimum absolute atomic E-state index is 0. The Morgan fingerprint density at radius 2 is 1.89 bits per heavy atom. The molecule has 0 rings (SSSR count). The number of carbonyl (C=O) groups excluding carboxylic acids is 1. The van der Waals surface area contributed by atoms with Gasteiger partial charge < -0.3 is 23.9 Å². The van der Waals surface area contributed by atoms with Crippen LogP contribution in [0.5, 0.6) is 0 Å². The summed E-state index contributed by atoms with van der Waals surface area (Å²) in [5.41, 5.74) is 9.63. The van der Waals surface area contributed by atoms with Crippen molar-refractivity contribution in [2.45, 2.75) is 13.8 Å². The minimum atomic E-state index is -0.542. The maximum atomic E-state index is 10.4. The first-order valence-corrected chi connectivity index (χ1v) is 2.50. The van der Waals surface area contributed by atoms with Gasteiger partial charge in [-0.3, -0.25) is 4.79 Å². The van der Waals surface area contributed by atoms with Crippen LogP contribution in [0.15, 0.2) is 0 Å². The van der Waals surface area contributed by atoms with Gasteiger partial charge in [-0.2, -0.15) is 0 Å². The molecule has 9 heavy (non-hydrogen) atoms. The van der Waals surface area contributed by atoms with Crippen molar-refractivity contribution in [3.63, 3.8) is 0 Å². The fourth-order valence-corrected chi connectivity index (χ4v) is 0.101. The second-order valence-corrected chi connectivity index (χ2v) is 2.45. The number of nitrogens with two attached hydrogens (primary N) is 2. The first-order chi connectivity index (χ1) is 3.50. The lowest BCUT2D eigenvalue weighted by Gasteiger charge is -2.16. The molecule has 0 unspecified atom stereocenters. The number of hydrogen-bond donors (Lipinski definition) is 2. The molecule has 1 amide bonds. The van der Waals surface area contributed by atoms with Crippen molar-refractivity contribution in [2.24, 2.45) is 16.9 Å². The second-order valence-electron chi connectivity index (χ2n) is 2.45. The molecule has 0 aliphatic carbocycles.